The summed E-state index contributed by atoms with van der Waals surface area (Å²) in [7, 11) is 0. The van der Waals surface area contributed by atoms with E-state index in [1.807, 2.05) is 49.6 Å². The molecule has 6 heteroatoms. The molecule has 2 rings (SSSR count). The van der Waals surface area contributed by atoms with E-state index in [9.17, 15) is 4.79 Å². The Hall–Kier alpha value is -2.39. The molecule has 2 fully saturated rings. The Balaban J connectivity index is 0.00000450. The van der Waals surface area contributed by atoms with Crippen LogP contribution in [0.2, 0.25) is 0 Å². The fourth-order valence-electron chi connectivity index (χ4n) is 3.72. The minimum atomic E-state index is -0.425. The summed E-state index contributed by atoms with van der Waals surface area (Å²) in [6, 6.07) is 1.99. The lowest BCUT2D eigenvalue weighted by Crippen LogP contribution is -2.60. The van der Waals surface area contributed by atoms with Gasteiger partial charge >= 0.3 is 0 Å². The van der Waals surface area contributed by atoms with E-state index in [1.165, 1.54) is 6.08 Å². The second kappa shape index (κ2) is 13.0. The van der Waals surface area contributed by atoms with E-state index in [1.54, 1.807) is 17.1 Å². The highest BCUT2D eigenvalue weighted by Gasteiger charge is 2.44. The van der Waals surface area contributed by atoms with Gasteiger partial charge in [0.05, 0.1) is 18.2 Å². The number of hydrogen-bond acceptors (Lipinski definition) is 4. The van der Waals surface area contributed by atoms with E-state index in [0.717, 1.165) is 44.5 Å². The molecule has 0 aromatic rings. The number of allylic oxidation sites excluding steroid dienone is 8. The van der Waals surface area contributed by atoms with Crippen LogP contribution in [-0.2, 0) is 9.53 Å². The van der Waals surface area contributed by atoms with Crippen LogP contribution in [0.1, 0.15) is 26.2 Å². The summed E-state index contributed by atoms with van der Waals surface area (Å²) in [5, 5.41) is 8.58. The summed E-state index contributed by atoms with van der Waals surface area (Å²) < 4.78 is 6.19. The van der Waals surface area contributed by atoms with E-state index < -0.39 is 6.10 Å². The van der Waals surface area contributed by atoms with Crippen LogP contribution in [0.25, 0.3) is 0 Å². The van der Waals surface area contributed by atoms with Crippen LogP contribution >= 0.6 is 12.4 Å². The number of nitriles is 1. The molecular weight excluding hydrogens is 398 g/mol. The van der Waals surface area contributed by atoms with Crippen LogP contribution in [0.15, 0.2) is 73.5 Å². The largest absolute Gasteiger partial charge is 0.360 e. The second-order valence-corrected chi connectivity index (χ2v) is 7.40. The number of ether oxygens (including phenoxy) is 1. The predicted octanol–water partition coefficient (Wildman–Crippen LogP) is 4.33. The molecule has 1 spiro atoms. The lowest BCUT2D eigenvalue weighted by Gasteiger charge is -2.48. The summed E-state index contributed by atoms with van der Waals surface area (Å²) in [4.78, 5) is 16.7. The van der Waals surface area contributed by atoms with Crippen LogP contribution < -0.4 is 0 Å². The highest BCUT2D eigenvalue weighted by atomic mass is 35.5. The van der Waals surface area contributed by atoms with E-state index in [-0.39, 0.29) is 23.9 Å². The number of rotatable bonds is 8. The summed E-state index contributed by atoms with van der Waals surface area (Å²) in [5.41, 5.74) is 0.844. The molecule has 0 bridgehead atoms. The van der Waals surface area contributed by atoms with Crippen molar-refractivity contribution in [3.05, 3.63) is 73.5 Å². The zero-order valence-corrected chi connectivity index (χ0v) is 18.5. The molecule has 0 radical (unpaired) electrons. The zero-order chi connectivity index (χ0) is 21.1. The van der Waals surface area contributed by atoms with Crippen molar-refractivity contribution in [1.29, 1.82) is 5.26 Å². The first-order valence-electron chi connectivity index (χ1n) is 10.1. The first kappa shape index (κ1) is 25.6. The molecule has 0 aliphatic carbocycles. The lowest BCUT2D eigenvalue weighted by molar-refractivity contribution is -0.184. The van der Waals surface area contributed by atoms with Gasteiger partial charge in [-0.1, -0.05) is 49.6 Å². The maximum absolute atomic E-state index is 12.5. The van der Waals surface area contributed by atoms with Crippen LogP contribution in [0, 0.1) is 11.3 Å². The molecule has 2 aliphatic heterocycles. The summed E-state index contributed by atoms with van der Waals surface area (Å²) in [6.45, 7) is 12.8. The second-order valence-electron chi connectivity index (χ2n) is 7.40. The Kier molecular flexibility index (Phi) is 11.1. The molecule has 2 heterocycles. The third kappa shape index (κ3) is 7.46. The molecule has 30 heavy (non-hydrogen) atoms. The SMILES string of the molecule is C=C/C=C\C=C\N1CC2(CCN(CC/C(C=C)=C/C=C/C#N)CC2)OC(C)C1=O.Cl. The molecule has 0 aromatic heterocycles. The van der Waals surface area contributed by atoms with Gasteiger partial charge in [-0.15, -0.1) is 12.4 Å². The Morgan fingerprint density at radius 3 is 2.63 bits per heavy atom. The average molecular weight is 430 g/mol. The first-order chi connectivity index (χ1) is 14.0. The van der Waals surface area contributed by atoms with E-state index in [4.69, 9.17) is 10.00 Å². The smallest absolute Gasteiger partial charge is 0.255 e. The number of nitrogens with zero attached hydrogens (tertiary/aromatic N) is 3. The fourth-order valence-corrected chi connectivity index (χ4v) is 3.72. The predicted molar refractivity (Wildman–Crippen MR) is 124 cm³/mol. The third-order valence-electron chi connectivity index (χ3n) is 5.37. The van der Waals surface area contributed by atoms with Gasteiger partial charge in [0.15, 0.2) is 0 Å². The van der Waals surface area contributed by atoms with Gasteiger partial charge in [-0.05, 0) is 37.8 Å². The van der Waals surface area contributed by atoms with Crippen molar-refractivity contribution < 1.29 is 9.53 Å². The van der Waals surface area contributed by atoms with E-state index >= 15 is 0 Å². The number of amides is 1. The van der Waals surface area contributed by atoms with Gasteiger partial charge < -0.3 is 14.5 Å². The normalized spacial score (nSPS) is 22.5. The molecule has 5 nitrogen and oxygen atoms in total. The molecule has 0 saturated carbocycles. The Morgan fingerprint density at radius 1 is 1.27 bits per heavy atom. The quantitative estimate of drug-likeness (QED) is 0.425. The van der Waals surface area contributed by atoms with E-state index in [0.29, 0.717) is 6.54 Å². The Morgan fingerprint density at radius 2 is 2.00 bits per heavy atom. The molecule has 162 valence electrons. The van der Waals surface area contributed by atoms with Crippen LogP contribution in [0.4, 0.5) is 0 Å². The van der Waals surface area contributed by atoms with Gasteiger partial charge in [-0.3, -0.25) is 4.79 Å². The van der Waals surface area contributed by atoms with E-state index in [2.05, 4.69) is 18.1 Å². The summed E-state index contributed by atoms with van der Waals surface area (Å²) in [6.07, 6.45) is 18.4. The maximum atomic E-state index is 12.5. The molecule has 1 unspecified atom stereocenters. The van der Waals surface area contributed by atoms with Gasteiger partial charge in [-0.25, -0.2) is 0 Å². The molecule has 2 saturated heterocycles. The fraction of sp³-hybridized carbons (Fsp3) is 0.417. The standard InChI is InChI=1S/C24H31N3O2.ClH/c1-4-6-7-10-16-27-20-24(29-21(3)23(27)28)13-18-26(19-14-24)17-12-22(5-2)11-8-9-15-25;/h4-11,16,21H,1-2,12-14,17-20H2,3H3;1H/b7-6-,9-8+,16-10+,22-11+;. The first-order valence-corrected chi connectivity index (χ1v) is 10.1. The molecule has 1 amide bonds. The van der Waals surface area contributed by atoms with Crippen LogP contribution in [0.5, 0.6) is 0 Å². The van der Waals surface area contributed by atoms with Crippen LogP contribution in [0.3, 0.4) is 0 Å². The van der Waals surface area contributed by atoms with Gasteiger partial charge in [0.2, 0.25) is 0 Å². The minimum Gasteiger partial charge on any atom is -0.360 e. The molecule has 0 aromatic carbocycles. The molecular formula is C24H32ClN3O2. The van der Waals surface area contributed by atoms with Crippen molar-refractivity contribution in [2.45, 2.75) is 37.9 Å². The van der Waals surface area contributed by atoms with Gasteiger partial charge in [0.25, 0.3) is 5.91 Å². The van der Waals surface area contributed by atoms with Crippen molar-refractivity contribution in [1.82, 2.24) is 9.80 Å². The highest BCUT2D eigenvalue weighted by Crippen LogP contribution is 2.33. The van der Waals surface area contributed by atoms with Crippen LogP contribution in [-0.4, -0.2) is 53.6 Å². The van der Waals surface area contributed by atoms with Gasteiger partial charge in [-0.2, -0.15) is 5.26 Å². The highest BCUT2D eigenvalue weighted by molar-refractivity contribution is 5.85. The number of likely N-dealkylation sites (tertiary alicyclic amines) is 1. The zero-order valence-electron chi connectivity index (χ0n) is 17.7. The Bertz CT molecular complexity index is 753. The number of halogens is 1. The molecule has 1 atom stereocenters. The Labute approximate surface area is 186 Å². The summed E-state index contributed by atoms with van der Waals surface area (Å²) in [5.74, 6) is 0.00694. The van der Waals surface area contributed by atoms with Gasteiger partial charge in [0, 0.05) is 31.9 Å². The van der Waals surface area contributed by atoms with Crippen molar-refractivity contribution in [3.63, 3.8) is 0 Å². The number of hydrogen-bond donors (Lipinski definition) is 0. The summed E-state index contributed by atoms with van der Waals surface area (Å²) >= 11 is 0. The van der Waals surface area contributed by atoms with Crippen molar-refractivity contribution in [3.8, 4) is 6.07 Å². The molecule has 2 aliphatic rings. The number of carbonyl (C=O) groups is 1. The number of morpholine rings is 1. The molecule has 0 N–H and O–H groups in total. The number of piperidine rings is 1. The third-order valence-corrected chi connectivity index (χ3v) is 5.37. The van der Waals surface area contributed by atoms with Gasteiger partial charge in [0.1, 0.15) is 6.10 Å². The topological polar surface area (TPSA) is 56.6 Å². The number of carbonyl (C=O) groups excluding carboxylic acids is 1. The van der Waals surface area contributed by atoms with Crippen molar-refractivity contribution in [2.24, 2.45) is 0 Å². The monoisotopic (exact) mass is 429 g/mol. The lowest BCUT2D eigenvalue weighted by atomic mass is 9.88. The average Bonchev–Trinajstić information content (AvgIpc) is 2.73. The minimum absolute atomic E-state index is 0. The maximum Gasteiger partial charge on any atom is 0.255 e. The van der Waals surface area contributed by atoms with Crippen molar-refractivity contribution >= 4 is 18.3 Å². The van der Waals surface area contributed by atoms with Crippen molar-refractivity contribution in [2.75, 3.05) is 26.2 Å².